The quantitative estimate of drug-likeness (QED) is 0.339. The molecule has 1 fully saturated rings. The summed E-state index contributed by atoms with van der Waals surface area (Å²) in [5.74, 6) is -0.853. The maximum Gasteiger partial charge on any atom is 0.335 e. The van der Waals surface area contributed by atoms with E-state index in [1.165, 1.54) is 6.08 Å². The van der Waals surface area contributed by atoms with Crippen LogP contribution in [0.1, 0.15) is 12.5 Å². The molecule has 0 saturated carbocycles. The number of barbiturate groups is 1. The highest BCUT2D eigenvalue weighted by molar-refractivity contribution is 14.1. The Labute approximate surface area is 182 Å². The lowest BCUT2D eigenvalue weighted by molar-refractivity contribution is -0.122. The monoisotopic (exact) mass is 556 g/mol. The van der Waals surface area contributed by atoms with E-state index in [4.69, 9.17) is 4.74 Å². The molecule has 2 N–H and O–H groups in total. The molecule has 1 saturated heterocycles. The summed E-state index contributed by atoms with van der Waals surface area (Å²) < 4.78 is 6.32. The van der Waals surface area contributed by atoms with E-state index < -0.39 is 17.8 Å². The number of hydrogen-bond donors (Lipinski definition) is 2. The van der Waals surface area contributed by atoms with Gasteiger partial charge in [-0.1, -0.05) is 0 Å². The highest BCUT2D eigenvalue weighted by Gasteiger charge is 2.36. The molecule has 2 aromatic carbocycles. The number of anilines is 1. The molecule has 3 rings (SSSR count). The van der Waals surface area contributed by atoms with E-state index in [0.717, 1.165) is 4.90 Å². The third kappa shape index (κ3) is 4.04. The second-order valence-electron chi connectivity index (χ2n) is 5.72. The number of urea groups is 1. The molecule has 0 spiro atoms. The molecule has 0 aliphatic carbocycles. The molecule has 7 nitrogen and oxygen atoms in total. The number of phenolic OH excluding ortho intramolecular Hbond substituents is 1. The zero-order chi connectivity index (χ0) is 20.4. The van der Waals surface area contributed by atoms with Crippen molar-refractivity contribution in [3.8, 4) is 11.5 Å². The Morgan fingerprint density at radius 3 is 2.50 bits per heavy atom. The summed E-state index contributed by atoms with van der Waals surface area (Å²) in [6, 6.07) is 8.77. The number of halogens is 2. The maximum absolute atomic E-state index is 12.9. The van der Waals surface area contributed by atoms with Gasteiger partial charge >= 0.3 is 6.03 Å². The first kappa shape index (κ1) is 20.3. The van der Waals surface area contributed by atoms with Crippen LogP contribution in [0, 0.1) is 3.57 Å². The van der Waals surface area contributed by atoms with Gasteiger partial charge in [-0.25, -0.2) is 9.69 Å². The van der Waals surface area contributed by atoms with Gasteiger partial charge < -0.3 is 9.84 Å². The Kier molecular flexibility index (Phi) is 6.04. The normalized spacial score (nSPS) is 15.8. The van der Waals surface area contributed by atoms with Gasteiger partial charge in [0.15, 0.2) is 0 Å². The number of carbonyl (C=O) groups excluding carboxylic acids is 3. The molecule has 1 aliphatic rings. The van der Waals surface area contributed by atoms with Crippen molar-refractivity contribution < 1.29 is 24.2 Å². The standard InChI is InChI=1S/C19H14BrIN2O5/c1-2-28-12-5-3-11(4-6-12)23-18(26)13(17(25)22-19(23)27)7-10-8-14(20)16(24)15(21)9-10/h3-9,24H,2H2,1H3,(H,22,25,27). The molecule has 1 heterocycles. The predicted octanol–water partition coefficient (Wildman–Crippen LogP) is 3.82. The molecule has 0 atom stereocenters. The lowest BCUT2D eigenvalue weighted by Crippen LogP contribution is -2.54. The van der Waals surface area contributed by atoms with Crippen LogP contribution in [-0.4, -0.2) is 29.6 Å². The Balaban J connectivity index is 1.98. The average Bonchev–Trinajstić information content (AvgIpc) is 2.64. The molecule has 9 heteroatoms. The molecule has 144 valence electrons. The first-order valence-electron chi connectivity index (χ1n) is 8.14. The number of carbonyl (C=O) groups is 3. The van der Waals surface area contributed by atoms with E-state index in [1.54, 1.807) is 36.4 Å². The molecular formula is C19H14BrIN2O5. The van der Waals surface area contributed by atoms with E-state index in [0.29, 0.717) is 31.7 Å². The highest BCUT2D eigenvalue weighted by Crippen LogP contribution is 2.32. The number of imide groups is 2. The minimum atomic E-state index is -0.822. The van der Waals surface area contributed by atoms with Crippen LogP contribution in [0.4, 0.5) is 10.5 Å². The fraction of sp³-hybridized carbons (Fsp3) is 0.105. The summed E-state index contributed by atoms with van der Waals surface area (Å²) >= 11 is 5.16. The second-order valence-corrected chi connectivity index (χ2v) is 7.73. The third-order valence-electron chi connectivity index (χ3n) is 3.86. The van der Waals surface area contributed by atoms with Crippen LogP contribution in [-0.2, 0) is 9.59 Å². The van der Waals surface area contributed by atoms with Gasteiger partial charge in [-0.05, 0) is 93.5 Å². The molecule has 0 radical (unpaired) electrons. The topological polar surface area (TPSA) is 95.9 Å². The van der Waals surface area contributed by atoms with E-state index in [2.05, 4.69) is 21.2 Å². The third-order valence-corrected chi connectivity index (χ3v) is 5.28. The Bertz CT molecular complexity index is 981. The van der Waals surface area contributed by atoms with Gasteiger partial charge in [0.05, 0.1) is 20.3 Å². The van der Waals surface area contributed by atoms with Gasteiger partial charge in [-0.15, -0.1) is 0 Å². The van der Waals surface area contributed by atoms with Crippen molar-refractivity contribution in [2.75, 3.05) is 11.5 Å². The van der Waals surface area contributed by atoms with Crippen molar-refractivity contribution in [2.24, 2.45) is 0 Å². The Morgan fingerprint density at radius 2 is 1.89 bits per heavy atom. The predicted molar refractivity (Wildman–Crippen MR) is 115 cm³/mol. The van der Waals surface area contributed by atoms with Crippen LogP contribution in [0.25, 0.3) is 6.08 Å². The van der Waals surface area contributed by atoms with Crippen LogP contribution in [0.5, 0.6) is 11.5 Å². The van der Waals surface area contributed by atoms with Crippen molar-refractivity contribution in [3.05, 3.63) is 55.6 Å². The van der Waals surface area contributed by atoms with E-state index in [1.807, 2.05) is 29.5 Å². The van der Waals surface area contributed by atoms with Crippen LogP contribution in [0.15, 0.2) is 46.4 Å². The minimum Gasteiger partial charge on any atom is -0.506 e. The number of amides is 4. The van der Waals surface area contributed by atoms with Crippen molar-refractivity contribution in [3.63, 3.8) is 0 Å². The van der Waals surface area contributed by atoms with Crippen molar-refractivity contribution in [2.45, 2.75) is 6.92 Å². The van der Waals surface area contributed by atoms with Gasteiger partial charge in [0, 0.05) is 0 Å². The smallest absolute Gasteiger partial charge is 0.335 e. The molecule has 4 amide bonds. The van der Waals surface area contributed by atoms with Crippen LogP contribution < -0.4 is 15.0 Å². The number of aromatic hydroxyl groups is 1. The number of phenols is 1. The van der Waals surface area contributed by atoms with Gasteiger partial charge in [0.2, 0.25) is 0 Å². The van der Waals surface area contributed by atoms with Gasteiger partial charge in [-0.2, -0.15) is 0 Å². The maximum atomic E-state index is 12.9. The van der Waals surface area contributed by atoms with Gasteiger partial charge in [0.1, 0.15) is 17.1 Å². The average molecular weight is 557 g/mol. The molecule has 0 aromatic heterocycles. The largest absolute Gasteiger partial charge is 0.506 e. The molecule has 0 bridgehead atoms. The van der Waals surface area contributed by atoms with Crippen LogP contribution >= 0.6 is 38.5 Å². The molecule has 28 heavy (non-hydrogen) atoms. The summed E-state index contributed by atoms with van der Waals surface area (Å²) in [5, 5.41) is 12.0. The number of hydrogen-bond acceptors (Lipinski definition) is 5. The van der Waals surface area contributed by atoms with Gasteiger partial charge in [-0.3, -0.25) is 14.9 Å². The SMILES string of the molecule is CCOc1ccc(N2C(=O)NC(=O)C(=Cc3cc(Br)c(O)c(I)c3)C2=O)cc1. The zero-order valence-electron chi connectivity index (χ0n) is 14.5. The summed E-state index contributed by atoms with van der Waals surface area (Å²) in [7, 11) is 0. The Hall–Kier alpha value is -2.40. The Morgan fingerprint density at radius 1 is 1.21 bits per heavy atom. The fourth-order valence-electron chi connectivity index (χ4n) is 2.59. The van der Waals surface area contributed by atoms with Gasteiger partial charge in [0.25, 0.3) is 11.8 Å². The van der Waals surface area contributed by atoms with Crippen LogP contribution in [0.2, 0.25) is 0 Å². The summed E-state index contributed by atoms with van der Waals surface area (Å²) in [4.78, 5) is 38.3. The lowest BCUT2D eigenvalue weighted by Gasteiger charge is -2.26. The molecule has 1 aliphatic heterocycles. The molecular weight excluding hydrogens is 543 g/mol. The summed E-state index contributed by atoms with van der Waals surface area (Å²) in [5.41, 5.74) is 0.640. The zero-order valence-corrected chi connectivity index (χ0v) is 18.3. The highest BCUT2D eigenvalue weighted by atomic mass is 127. The minimum absolute atomic E-state index is 0.0633. The number of ether oxygens (including phenoxy) is 1. The van der Waals surface area contributed by atoms with E-state index >= 15 is 0 Å². The number of nitrogens with one attached hydrogen (secondary N) is 1. The number of rotatable bonds is 4. The number of benzene rings is 2. The first-order valence-corrected chi connectivity index (χ1v) is 10.0. The van der Waals surface area contributed by atoms with Crippen LogP contribution in [0.3, 0.4) is 0 Å². The first-order chi connectivity index (χ1) is 13.3. The second kappa shape index (κ2) is 8.31. The lowest BCUT2D eigenvalue weighted by atomic mass is 10.1. The van der Waals surface area contributed by atoms with Crippen molar-refractivity contribution in [1.29, 1.82) is 0 Å². The van der Waals surface area contributed by atoms with E-state index in [-0.39, 0.29) is 11.3 Å². The fourth-order valence-corrected chi connectivity index (χ4v) is 4.08. The molecule has 0 unspecified atom stereocenters. The van der Waals surface area contributed by atoms with E-state index in [9.17, 15) is 19.5 Å². The summed E-state index contributed by atoms with van der Waals surface area (Å²) in [6.07, 6.45) is 1.37. The summed E-state index contributed by atoms with van der Waals surface area (Å²) in [6.45, 7) is 2.34. The van der Waals surface area contributed by atoms with Crippen molar-refractivity contribution >= 4 is 68.1 Å². The van der Waals surface area contributed by atoms with Crippen molar-refractivity contribution in [1.82, 2.24) is 5.32 Å². The number of nitrogens with zero attached hydrogens (tertiary/aromatic N) is 1. The molecule has 2 aromatic rings.